The number of benzene rings is 8. The Kier molecular flexibility index (Phi) is 7.45. The van der Waals surface area contributed by atoms with Crippen molar-refractivity contribution in [2.45, 2.75) is 12.3 Å². The molecule has 2 atom stereocenters. The molecule has 0 saturated carbocycles. The molecule has 0 radical (unpaired) electrons. The van der Waals surface area contributed by atoms with Crippen LogP contribution in [0, 0.1) is 0 Å². The molecule has 1 aliphatic heterocycles. The van der Waals surface area contributed by atoms with E-state index < -0.39 is 0 Å². The van der Waals surface area contributed by atoms with E-state index in [1.165, 1.54) is 84.5 Å². The molecule has 11 aromatic rings. The van der Waals surface area contributed by atoms with E-state index in [1.54, 1.807) is 0 Å². The van der Waals surface area contributed by atoms with Crippen molar-refractivity contribution in [3.05, 3.63) is 199 Å². The van der Waals surface area contributed by atoms with Crippen molar-refractivity contribution in [3.63, 3.8) is 0 Å². The van der Waals surface area contributed by atoms with Crippen LogP contribution in [0.15, 0.2) is 187 Å². The average Bonchev–Trinajstić information content (AvgIpc) is 3.96. The molecule has 0 saturated heterocycles. The van der Waals surface area contributed by atoms with Crippen molar-refractivity contribution in [2.75, 3.05) is 0 Å². The maximum Gasteiger partial charge on any atom is 0.133 e. The van der Waals surface area contributed by atoms with Crippen LogP contribution in [-0.2, 0) is 0 Å². The quantitative estimate of drug-likeness (QED) is 0.183. The van der Waals surface area contributed by atoms with Crippen LogP contribution in [0.1, 0.15) is 29.0 Å². The number of nitrogens with zero attached hydrogens (tertiary/aromatic N) is 2. The van der Waals surface area contributed by atoms with Crippen molar-refractivity contribution in [1.29, 1.82) is 0 Å². The van der Waals surface area contributed by atoms with E-state index >= 15 is 0 Å². The minimum Gasteiger partial charge on any atom is -0.350 e. The zero-order valence-electron chi connectivity index (χ0n) is 30.7. The van der Waals surface area contributed by atoms with Crippen LogP contribution in [0.2, 0.25) is 0 Å². The van der Waals surface area contributed by atoms with Crippen molar-refractivity contribution < 1.29 is 0 Å². The van der Waals surface area contributed by atoms with E-state index in [1.807, 2.05) is 22.7 Å². The topological polar surface area (TPSA) is 41.4 Å². The molecular formula is C51H34N4S2. The minimum absolute atomic E-state index is 0.0910. The molecule has 1 aliphatic rings. The van der Waals surface area contributed by atoms with Crippen molar-refractivity contribution in [2.24, 2.45) is 4.99 Å². The Morgan fingerprint density at radius 1 is 0.456 bits per heavy atom. The number of hydrogen-bond acceptors (Lipinski definition) is 5. The van der Waals surface area contributed by atoms with Gasteiger partial charge in [-0.1, -0.05) is 146 Å². The Balaban J connectivity index is 1.000. The lowest BCUT2D eigenvalue weighted by atomic mass is 10.00. The first-order valence-corrected chi connectivity index (χ1v) is 21.0. The standard InChI is InChI=1S/C51H34N4S2/c1-3-14-31(15-4-1)49-52-50(32-16-5-2-6-17-32)54-51(53-49)40-24-12-22-38-37-21-11-20-34(46(37)57-47(38)40)33-28-29-45-41(30-33)39-23-13-27-44(48(39)56-45)55-42-25-9-7-18-35(42)36-19-8-10-26-43(36)55/h1-30,49-50,52H,(H,53,54). The molecule has 6 heteroatoms. The molecule has 3 aromatic heterocycles. The molecule has 2 unspecified atom stereocenters. The summed E-state index contributed by atoms with van der Waals surface area (Å²) in [5.74, 6) is 0.903. The van der Waals surface area contributed by atoms with Gasteiger partial charge in [-0.3, -0.25) is 5.32 Å². The molecule has 12 rings (SSSR count). The smallest absolute Gasteiger partial charge is 0.133 e. The van der Waals surface area contributed by atoms with Gasteiger partial charge in [-0.25, -0.2) is 4.99 Å². The van der Waals surface area contributed by atoms with E-state index in [-0.39, 0.29) is 12.3 Å². The fraction of sp³-hybridized carbons (Fsp3) is 0.0392. The molecule has 270 valence electrons. The summed E-state index contributed by atoms with van der Waals surface area (Å²) in [4.78, 5) is 5.32. The molecule has 2 N–H and O–H groups in total. The van der Waals surface area contributed by atoms with Gasteiger partial charge in [0.05, 0.1) is 21.4 Å². The summed E-state index contributed by atoms with van der Waals surface area (Å²) in [5, 5.41) is 15.2. The van der Waals surface area contributed by atoms with Gasteiger partial charge in [-0.15, -0.1) is 22.7 Å². The lowest BCUT2D eigenvalue weighted by Gasteiger charge is -2.32. The predicted molar refractivity (Wildman–Crippen MR) is 243 cm³/mol. The molecule has 0 spiro atoms. The SMILES string of the molecule is c1ccc(C2N=C(c3cccc4c3sc3c(-c5ccc6sc7c(-n8c9ccccc9c9ccccc98)cccc7c6c5)cccc34)NC(c3ccccc3)N2)cc1. The van der Waals surface area contributed by atoms with Crippen LogP contribution in [0.5, 0.6) is 0 Å². The van der Waals surface area contributed by atoms with E-state index in [2.05, 4.69) is 197 Å². The normalized spacial score (nSPS) is 15.9. The molecule has 8 aromatic carbocycles. The van der Waals surface area contributed by atoms with Crippen molar-refractivity contribution in [1.82, 2.24) is 15.2 Å². The highest BCUT2D eigenvalue weighted by Gasteiger charge is 2.27. The van der Waals surface area contributed by atoms with E-state index in [4.69, 9.17) is 4.99 Å². The fourth-order valence-electron chi connectivity index (χ4n) is 8.86. The average molecular weight is 767 g/mol. The third-order valence-corrected chi connectivity index (χ3v) is 14.0. The summed E-state index contributed by atoms with van der Waals surface area (Å²) in [7, 11) is 0. The molecular weight excluding hydrogens is 733 g/mol. The second kappa shape index (κ2) is 13.0. The minimum atomic E-state index is -0.185. The highest BCUT2D eigenvalue weighted by molar-refractivity contribution is 7.27. The third-order valence-electron chi connectivity index (χ3n) is 11.5. The predicted octanol–water partition coefficient (Wildman–Crippen LogP) is 13.5. The number of para-hydroxylation sites is 2. The number of aromatic nitrogens is 1. The molecule has 0 bridgehead atoms. The van der Waals surface area contributed by atoms with Gasteiger partial charge < -0.3 is 9.88 Å². The number of hydrogen-bond donors (Lipinski definition) is 2. The second-order valence-electron chi connectivity index (χ2n) is 14.7. The van der Waals surface area contributed by atoms with Crippen LogP contribution in [0.3, 0.4) is 0 Å². The monoisotopic (exact) mass is 766 g/mol. The summed E-state index contributed by atoms with van der Waals surface area (Å²) in [6, 6.07) is 65.9. The van der Waals surface area contributed by atoms with Crippen molar-refractivity contribution in [3.8, 4) is 16.8 Å². The van der Waals surface area contributed by atoms with Gasteiger partial charge in [-0.2, -0.15) is 0 Å². The summed E-state index contributed by atoms with van der Waals surface area (Å²) in [5.41, 5.74) is 9.62. The van der Waals surface area contributed by atoms with Gasteiger partial charge in [0.1, 0.15) is 18.2 Å². The first-order chi connectivity index (χ1) is 28.3. The van der Waals surface area contributed by atoms with Gasteiger partial charge in [0.2, 0.25) is 0 Å². The largest absolute Gasteiger partial charge is 0.350 e. The maximum absolute atomic E-state index is 5.32. The van der Waals surface area contributed by atoms with E-state index in [9.17, 15) is 0 Å². The summed E-state index contributed by atoms with van der Waals surface area (Å²) < 4.78 is 7.58. The Labute approximate surface area is 337 Å². The number of thiophene rings is 2. The molecule has 0 fully saturated rings. The van der Waals surface area contributed by atoms with Gasteiger partial charge in [-0.05, 0) is 58.7 Å². The van der Waals surface area contributed by atoms with E-state index in [0.717, 1.165) is 17.0 Å². The van der Waals surface area contributed by atoms with Crippen LogP contribution >= 0.6 is 22.7 Å². The zero-order valence-corrected chi connectivity index (χ0v) is 32.3. The molecule has 0 aliphatic carbocycles. The summed E-state index contributed by atoms with van der Waals surface area (Å²) >= 11 is 3.76. The lowest BCUT2D eigenvalue weighted by molar-refractivity contribution is 0.409. The van der Waals surface area contributed by atoms with Crippen LogP contribution in [0.25, 0.3) is 79.0 Å². The molecule has 0 amide bonds. The zero-order chi connectivity index (χ0) is 37.5. The van der Waals surface area contributed by atoms with Crippen LogP contribution in [0.4, 0.5) is 0 Å². The Hall–Kier alpha value is -6.57. The summed E-state index contributed by atoms with van der Waals surface area (Å²) in [6.07, 6.45) is -0.276. The Morgan fingerprint density at radius 2 is 1.04 bits per heavy atom. The molecule has 4 nitrogen and oxygen atoms in total. The number of rotatable bonds is 5. The maximum atomic E-state index is 5.32. The third kappa shape index (κ3) is 5.19. The van der Waals surface area contributed by atoms with Crippen LogP contribution < -0.4 is 10.6 Å². The number of nitrogens with one attached hydrogen (secondary N) is 2. The highest BCUT2D eigenvalue weighted by Crippen LogP contribution is 2.45. The lowest BCUT2D eigenvalue weighted by Crippen LogP contribution is -2.44. The second-order valence-corrected chi connectivity index (χ2v) is 16.8. The van der Waals surface area contributed by atoms with E-state index in [0.29, 0.717) is 0 Å². The fourth-order valence-corrected chi connectivity index (χ4v) is 11.4. The first kappa shape index (κ1) is 32.7. The number of amidine groups is 1. The van der Waals surface area contributed by atoms with Crippen molar-refractivity contribution >= 4 is 90.7 Å². The van der Waals surface area contributed by atoms with Gasteiger partial charge in [0.25, 0.3) is 0 Å². The number of fused-ring (bicyclic) bond motifs is 9. The van der Waals surface area contributed by atoms with Crippen LogP contribution in [-0.4, -0.2) is 10.4 Å². The number of aliphatic imine (C=N–C) groups is 1. The van der Waals surface area contributed by atoms with Gasteiger partial charge in [0.15, 0.2) is 0 Å². The molecule has 57 heavy (non-hydrogen) atoms. The first-order valence-electron chi connectivity index (χ1n) is 19.4. The molecule has 4 heterocycles. The Morgan fingerprint density at radius 3 is 1.75 bits per heavy atom. The highest BCUT2D eigenvalue weighted by atomic mass is 32.1. The Bertz CT molecular complexity index is 3320. The summed E-state index contributed by atoms with van der Waals surface area (Å²) in [6.45, 7) is 0. The van der Waals surface area contributed by atoms with Gasteiger partial charge >= 0.3 is 0 Å². The van der Waals surface area contributed by atoms with Gasteiger partial charge in [0, 0.05) is 52.0 Å².